The highest BCUT2D eigenvalue weighted by Crippen LogP contribution is 2.25. The number of carbonyl (C=O) groups is 1. The first-order chi connectivity index (χ1) is 17.3. The minimum Gasteiger partial charge on any atom is -0.394 e. The number of hydrogen-bond donors (Lipinski definition) is 2. The van der Waals surface area contributed by atoms with Crippen molar-refractivity contribution in [3.63, 3.8) is 0 Å². The van der Waals surface area contributed by atoms with Crippen LogP contribution in [0.5, 0.6) is 0 Å². The number of nitrogens with zero attached hydrogens (tertiary/aromatic N) is 4. The smallest absolute Gasteiger partial charge is 0.263 e. The molecule has 1 saturated heterocycles. The number of aliphatic hydroxyl groups is 1. The zero-order chi connectivity index (χ0) is 25.3. The van der Waals surface area contributed by atoms with Crippen molar-refractivity contribution in [3.8, 4) is 0 Å². The van der Waals surface area contributed by atoms with Crippen molar-refractivity contribution in [1.29, 1.82) is 0 Å². The average molecular weight is 550 g/mol. The Morgan fingerprint density at radius 2 is 2.00 bits per heavy atom. The van der Waals surface area contributed by atoms with Gasteiger partial charge in [0.25, 0.3) is 10.0 Å². The number of carbonyl (C=O) groups excluding carboxylic acids is 1. The van der Waals surface area contributed by atoms with E-state index in [0.717, 1.165) is 16.6 Å². The van der Waals surface area contributed by atoms with E-state index in [-0.39, 0.29) is 32.8 Å². The molecule has 2 N–H and O–H groups in total. The van der Waals surface area contributed by atoms with Gasteiger partial charge in [0, 0.05) is 56.5 Å². The molecule has 1 fully saturated rings. The standard InChI is InChI=1S/C24H24ClN5O4S2.2H2/c25-18-2-1-17-7-9-29(22(17)13-18)15-23(32)30-11-10-28(14-20(30)16-31)19-3-5-21(6-4-19)36(33,34)27-24-26-8-12-35-24;;/h1-9,12-13,20,31H,10-11,14-16H2,(H,26,27);2*1H/t20-;;/m1../s1. The third-order valence-electron chi connectivity index (χ3n) is 6.22. The molecule has 0 aliphatic carbocycles. The van der Waals surface area contributed by atoms with E-state index in [1.807, 2.05) is 39.9 Å². The van der Waals surface area contributed by atoms with E-state index in [4.69, 9.17) is 11.6 Å². The molecule has 9 nitrogen and oxygen atoms in total. The normalized spacial score (nSPS) is 16.4. The lowest BCUT2D eigenvalue weighted by molar-refractivity contribution is -0.135. The summed E-state index contributed by atoms with van der Waals surface area (Å²) in [5, 5.41) is 13.7. The number of aromatic nitrogens is 2. The fourth-order valence-electron chi connectivity index (χ4n) is 4.39. The Balaban J connectivity index is 0.00000200. The lowest BCUT2D eigenvalue weighted by Gasteiger charge is -2.42. The monoisotopic (exact) mass is 549 g/mol. The number of thiazole rings is 1. The lowest BCUT2D eigenvalue weighted by atomic mass is 10.1. The number of anilines is 2. The predicted octanol–water partition coefficient (Wildman–Crippen LogP) is 3.75. The molecule has 1 aliphatic rings. The van der Waals surface area contributed by atoms with Gasteiger partial charge in [0.05, 0.1) is 17.5 Å². The van der Waals surface area contributed by atoms with Gasteiger partial charge < -0.3 is 19.5 Å². The molecule has 12 heteroatoms. The Labute approximate surface area is 220 Å². The van der Waals surface area contributed by atoms with Crippen LogP contribution < -0.4 is 9.62 Å². The van der Waals surface area contributed by atoms with E-state index >= 15 is 0 Å². The van der Waals surface area contributed by atoms with E-state index < -0.39 is 10.0 Å². The number of fused-ring (bicyclic) bond motifs is 1. The number of rotatable bonds is 7. The summed E-state index contributed by atoms with van der Waals surface area (Å²) in [5.41, 5.74) is 1.70. The van der Waals surface area contributed by atoms with Crippen molar-refractivity contribution >= 4 is 60.6 Å². The molecule has 2 aromatic heterocycles. The second kappa shape index (κ2) is 10.1. The van der Waals surface area contributed by atoms with Crippen LogP contribution in [0.4, 0.5) is 10.8 Å². The van der Waals surface area contributed by atoms with Gasteiger partial charge in [0.2, 0.25) is 5.91 Å². The lowest BCUT2D eigenvalue weighted by Crippen LogP contribution is -2.57. The Morgan fingerprint density at radius 3 is 2.72 bits per heavy atom. The molecule has 1 atom stereocenters. The van der Waals surface area contributed by atoms with Gasteiger partial charge in [-0.2, -0.15) is 0 Å². The van der Waals surface area contributed by atoms with Crippen LogP contribution in [0.3, 0.4) is 0 Å². The summed E-state index contributed by atoms with van der Waals surface area (Å²) in [6.45, 7) is 1.41. The molecule has 0 radical (unpaired) electrons. The van der Waals surface area contributed by atoms with Gasteiger partial charge in [-0.15, -0.1) is 11.3 Å². The maximum Gasteiger partial charge on any atom is 0.263 e. The van der Waals surface area contributed by atoms with Crippen molar-refractivity contribution < 1.29 is 21.2 Å². The number of nitrogens with one attached hydrogen (secondary N) is 1. The zero-order valence-corrected chi connectivity index (χ0v) is 21.5. The number of benzene rings is 2. The summed E-state index contributed by atoms with van der Waals surface area (Å²) in [6.07, 6.45) is 3.39. The van der Waals surface area contributed by atoms with Crippen molar-refractivity contribution in [1.82, 2.24) is 14.5 Å². The van der Waals surface area contributed by atoms with E-state index in [1.54, 1.807) is 34.5 Å². The van der Waals surface area contributed by atoms with Crippen molar-refractivity contribution in [2.75, 3.05) is 35.9 Å². The number of aliphatic hydroxyl groups excluding tert-OH is 1. The van der Waals surface area contributed by atoms with Gasteiger partial charge >= 0.3 is 0 Å². The Morgan fingerprint density at radius 1 is 1.19 bits per heavy atom. The molecule has 2 aromatic carbocycles. The van der Waals surface area contributed by atoms with Crippen LogP contribution in [0, 0.1) is 0 Å². The van der Waals surface area contributed by atoms with Crippen LogP contribution in [0.2, 0.25) is 5.02 Å². The van der Waals surface area contributed by atoms with Crippen LogP contribution in [-0.4, -0.2) is 66.2 Å². The molecule has 192 valence electrons. The number of sulfonamides is 1. The van der Waals surface area contributed by atoms with E-state index in [2.05, 4.69) is 9.71 Å². The molecule has 5 rings (SSSR count). The molecule has 1 aliphatic heterocycles. The molecule has 0 spiro atoms. The summed E-state index contributed by atoms with van der Waals surface area (Å²) in [7, 11) is -3.73. The van der Waals surface area contributed by atoms with E-state index in [1.165, 1.54) is 17.5 Å². The van der Waals surface area contributed by atoms with Gasteiger partial charge in [-0.3, -0.25) is 9.52 Å². The van der Waals surface area contributed by atoms with Gasteiger partial charge in [0.1, 0.15) is 6.54 Å². The highest BCUT2D eigenvalue weighted by Gasteiger charge is 2.30. The average Bonchev–Trinajstić information content (AvgIpc) is 3.53. The van der Waals surface area contributed by atoms with Crippen molar-refractivity contribution in [2.24, 2.45) is 0 Å². The van der Waals surface area contributed by atoms with Crippen molar-refractivity contribution in [3.05, 3.63) is 71.3 Å². The van der Waals surface area contributed by atoms with E-state index in [0.29, 0.717) is 29.8 Å². The summed E-state index contributed by atoms with van der Waals surface area (Å²) in [4.78, 5) is 21.0. The molecular weight excluding hydrogens is 522 g/mol. The van der Waals surface area contributed by atoms with Crippen LogP contribution in [-0.2, 0) is 21.4 Å². The van der Waals surface area contributed by atoms with E-state index in [9.17, 15) is 18.3 Å². The number of piperazine rings is 1. The van der Waals surface area contributed by atoms with Gasteiger partial charge in [-0.05, 0) is 47.9 Å². The van der Waals surface area contributed by atoms with Crippen LogP contribution in [0.15, 0.2) is 71.2 Å². The second-order valence-electron chi connectivity index (χ2n) is 8.45. The Hall–Kier alpha value is -3.12. The minimum atomic E-state index is -3.73. The summed E-state index contributed by atoms with van der Waals surface area (Å²) in [6, 6.07) is 13.7. The molecule has 3 heterocycles. The Bertz CT molecular complexity index is 1480. The maximum absolute atomic E-state index is 13.2. The summed E-state index contributed by atoms with van der Waals surface area (Å²) >= 11 is 7.34. The molecule has 0 unspecified atom stereocenters. The van der Waals surface area contributed by atoms with Crippen LogP contribution in [0.1, 0.15) is 2.85 Å². The fraction of sp³-hybridized carbons (Fsp3) is 0.250. The summed E-state index contributed by atoms with van der Waals surface area (Å²) < 4.78 is 29.5. The highest BCUT2D eigenvalue weighted by molar-refractivity contribution is 7.93. The summed E-state index contributed by atoms with van der Waals surface area (Å²) in [5.74, 6) is -0.0825. The minimum absolute atomic E-state index is 0. The van der Waals surface area contributed by atoms with Gasteiger partial charge in [0.15, 0.2) is 5.13 Å². The second-order valence-corrected chi connectivity index (χ2v) is 11.5. The maximum atomic E-state index is 13.2. The quantitative estimate of drug-likeness (QED) is 0.363. The number of hydrogen-bond acceptors (Lipinski definition) is 7. The molecule has 1 amide bonds. The molecule has 4 aromatic rings. The molecule has 0 bridgehead atoms. The fourth-order valence-corrected chi connectivity index (χ4v) is 6.34. The molecular formula is C24H28ClN5O4S2. The third kappa shape index (κ3) is 5.05. The van der Waals surface area contributed by atoms with Crippen LogP contribution >= 0.6 is 22.9 Å². The number of halogens is 1. The molecule has 0 saturated carbocycles. The van der Waals surface area contributed by atoms with Crippen molar-refractivity contribution in [2.45, 2.75) is 17.5 Å². The molecule has 36 heavy (non-hydrogen) atoms. The van der Waals surface area contributed by atoms with Gasteiger partial charge in [-0.25, -0.2) is 13.4 Å². The third-order valence-corrected chi connectivity index (χ3v) is 8.63. The first-order valence-corrected chi connectivity index (χ1v) is 14.0. The highest BCUT2D eigenvalue weighted by atomic mass is 35.5. The Kier molecular flexibility index (Phi) is 6.89. The van der Waals surface area contributed by atoms with Gasteiger partial charge in [-0.1, -0.05) is 17.7 Å². The first kappa shape index (κ1) is 24.6. The van der Waals surface area contributed by atoms with Crippen LogP contribution in [0.25, 0.3) is 10.9 Å². The first-order valence-electron chi connectivity index (χ1n) is 11.3. The zero-order valence-electron chi connectivity index (χ0n) is 19.1. The SMILES string of the molecule is O=C(Cn1ccc2ccc(Cl)cc21)N1CCN(c2ccc(S(=O)(=O)Nc3nccs3)cc2)C[C@@H]1CO.[HH].[HH]. The topological polar surface area (TPSA) is 108 Å². The predicted molar refractivity (Wildman–Crippen MR) is 145 cm³/mol. The largest absolute Gasteiger partial charge is 0.394 e. The number of amides is 1.